The van der Waals surface area contributed by atoms with Crippen molar-refractivity contribution in [2.75, 3.05) is 13.2 Å². The molecule has 2 N–H and O–H groups in total. The van der Waals surface area contributed by atoms with Crippen molar-refractivity contribution in [1.82, 2.24) is 5.32 Å². The summed E-state index contributed by atoms with van der Waals surface area (Å²) in [5.41, 5.74) is 0. The number of aliphatic hydroxyl groups is 1. The molecule has 0 fully saturated rings. The van der Waals surface area contributed by atoms with Gasteiger partial charge in [-0.15, -0.1) is 0 Å². The van der Waals surface area contributed by atoms with Crippen LogP contribution in [0.2, 0.25) is 0 Å². The molecule has 0 spiro atoms. The first-order valence-electron chi connectivity index (χ1n) is 3.92. The molecule has 1 atom stereocenters. The molecule has 0 aromatic rings. The maximum atomic E-state index is 8.59. The summed E-state index contributed by atoms with van der Waals surface area (Å²) in [5.74, 6) is 0. The second-order valence-electron chi connectivity index (χ2n) is 1.99. The number of aliphatic hydroxyl groups excluding tert-OH is 1. The minimum atomic E-state index is 0.254. The summed E-state index contributed by atoms with van der Waals surface area (Å²) in [5, 5.41) is 11.7. The highest BCUT2D eigenvalue weighted by molar-refractivity contribution is 4.93. The van der Waals surface area contributed by atoms with Crippen LogP contribution in [0.5, 0.6) is 0 Å². The molecule has 2 nitrogen and oxygen atoms in total. The molecular formula is C8H17NO. The average molecular weight is 143 g/mol. The molecule has 60 valence electrons. The van der Waals surface area contributed by atoms with Gasteiger partial charge in [-0.25, -0.2) is 0 Å². The standard InChI is InChI=1S/C6H11NO.C2H6/c8-5-6-3-1-2-4-7-6;1-2/h1-2,6-8H,3-5H2;1-2H3. The van der Waals surface area contributed by atoms with E-state index >= 15 is 0 Å². The van der Waals surface area contributed by atoms with Crippen LogP contribution in [0.25, 0.3) is 0 Å². The van der Waals surface area contributed by atoms with Crippen molar-refractivity contribution in [3.8, 4) is 0 Å². The number of hydrogen-bond acceptors (Lipinski definition) is 2. The molecule has 0 saturated carbocycles. The monoisotopic (exact) mass is 143 g/mol. The minimum absolute atomic E-state index is 0.254. The van der Waals surface area contributed by atoms with E-state index in [-0.39, 0.29) is 6.61 Å². The summed E-state index contributed by atoms with van der Waals surface area (Å²) in [7, 11) is 0. The maximum absolute atomic E-state index is 8.59. The molecule has 0 radical (unpaired) electrons. The topological polar surface area (TPSA) is 32.3 Å². The predicted molar refractivity (Wildman–Crippen MR) is 44.0 cm³/mol. The van der Waals surface area contributed by atoms with Crippen molar-refractivity contribution >= 4 is 0 Å². The Morgan fingerprint density at radius 1 is 1.50 bits per heavy atom. The zero-order chi connectivity index (χ0) is 7.82. The minimum Gasteiger partial charge on any atom is -0.395 e. The predicted octanol–water partition coefficient (Wildman–Crippen LogP) is 0.923. The number of nitrogens with one attached hydrogen (secondary N) is 1. The summed E-state index contributed by atoms with van der Waals surface area (Å²) >= 11 is 0. The highest BCUT2D eigenvalue weighted by Crippen LogP contribution is 1.96. The van der Waals surface area contributed by atoms with Gasteiger partial charge in [0.25, 0.3) is 0 Å². The van der Waals surface area contributed by atoms with E-state index < -0.39 is 0 Å². The lowest BCUT2D eigenvalue weighted by Gasteiger charge is -2.15. The van der Waals surface area contributed by atoms with Crippen molar-refractivity contribution in [3.63, 3.8) is 0 Å². The van der Waals surface area contributed by atoms with Crippen LogP contribution in [0, 0.1) is 0 Å². The quantitative estimate of drug-likeness (QED) is 0.535. The molecule has 2 heteroatoms. The molecule has 0 saturated heterocycles. The summed E-state index contributed by atoms with van der Waals surface area (Å²) in [6, 6.07) is 0.306. The van der Waals surface area contributed by atoms with Crippen LogP contribution in [0.4, 0.5) is 0 Å². The van der Waals surface area contributed by atoms with Crippen LogP contribution in [-0.4, -0.2) is 24.3 Å². The Morgan fingerprint density at radius 3 is 2.50 bits per heavy atom. The molecule has 0 aromatic heterocycles. The summed E-state index contributed by atoms with van der Waals surface area (Å²) in [6.07, 6.45) is 5.14. The first kappa shape index (κ1) is 9.66. The first-order chi connectivity index (χ1) is 4.93. The maximum Gasteiger partial charge on any atom is 0.0587 e. The van der Waals surface area contributed by atoms with Crippen LogP contribution in [-0.2, 0) is 0 Å². The summed E-state index contributed by atoms with van der Waals surface area (Å²) < 4.78 is 0. The second kappa shape index (κ2) is 6.78. The summed E-state index contributed by atoms with van der Waals surface area (Å²) in [6.45, 7) is 5.16. The molecule has 0 aromatic carbocycles. The van der Waals surface area contributed by atoms with Gasteiger partial charge in [0.05, 0.1) is 6.61 Å². The molecule has 1 rings (SSSR count). The van der Waals surface area contributed by atoms with E-state index in [1.54, 1.807) is 0 Å². The van der Waals surface area contributed by atoms with Gasteiger partial charge in [0.15, 0.2) is 0 Å². The third-order valence-electron chi connectivity index (χ3n) is 1.33. The van der Waals surface area contributed by atoms with E-state index in [0.29, 0.717) is 6.04 Å². The fourth-order valence-corrected chi connectivity index (χ4v) is 0.801. The van der Waals surface area contributed by atoms with Gasteiger partial charge in [-0.1, -0.05) is 26.0 Å². The van der Waals surface area contributed by atoms with Gasteiger partial charge < -0.3 is 10.4 Å². The van der Waals surface area contributed by atoms with Gasteiger partial charge >= 0.3 is 0 Å². The van der Waals surface area contributed by atoms with Gasteiger partial charge in [0.2, 0.25) is 0 Å². The van der Waals surface area contributed by atoms with Crippen LogP contribution in [0.1, 0.15) is 20.3 Å². The number of hydrogen-bond donors (Lipinski definition) is 2. The van der Waals surface area contributed by atoms with Crippen molar-refractivity contribution in [2.45, 2.75) is 26.3 Å². The molecular weight excluding hydrogens is 126 g/mol. The Kier molecular flexibility index (Phi) is 6.55. The Hall–Kier alpha value is -0.340. The molecule has 1 aliphatic rings. The van der Waals surface area contributed by atoms with Crippen LogP contribution < -0.4 is 5.32 Å². The molecule has 0 amide bonds. The van der Waals surface area contributed by atoms with Crippen LogP contribution in [0.15, 0.2) is 12.2 Å². The van der Waals surface area contributed by atoms with Crippen LogP contribution >= 0.6 is 0 Å². The largest absolute Gasteiger partial charge is 0.395 e. The van der Waals surface area contributed by atoms with Crippen LogP contribution in [0.3, 0.4) is 0 Å². The average Bonchev–Trinajstić information content (AvgIpc) is 2.10. The van der Waals surface area contributed by atoms with E-state index in [2.05, 4.69) is 17.5 Å². The van der Waals surface area contributed by atoms with Gasteiger partial charge in [-0.2, -0.15) is 0 Å². The highest BCUT2D eigenvalue weighted by atomic mass is 16.3. The molecule has 0 bridgehead atoms. The lowest BCUT2D eigenvalue weighted by molar-refractivity contribution is 0.244. The normalized spacial score (nSPS) is 23.3. The lowest BCUT2D eigenvalue weighted by atomic mass is 10.1. The fraction of sp³-hybridized carbons (Fsp3) is 0.750. The van der Waals surface area contributed by atoms with E-state index in [0.717, 1.165) is 13.0 Å². The van der Waals surface area contributed by atoms with E-state index in [4.69, 9.17) is 5.11 Å². The van der Waals surface area contributed by atoms with Crippen molar-refractivity contribution in [1.29, 1.82) is 0 Å². The van der Waals surface area contributed by atoms with Gasteiger partial charge in [0.1, 0.15) is 0 Å². The SMILES string of the molecule is CC.OCC1CC=CCN1. The zero-order valence-electron chi connectivity index (χ0n) is 6.80. The lowest BCUT2D eigenvalue weighted by Crippen LogP contribution is -2.34. The Labute approximate surface area is 62.9 Å². The molecule has 1 unspecified atom stereocenters. The molecule has 1 aliphatic heterocycles. The van der Waals surface area contributed by atoms with E-state index in [1.165, 1.54) is 0 Å². The smallest absolute Gasteiger partial charge is 0.0587 e. The van der Waals surface area contributed by atoms with Crippen molar-refractivity contribution in [2.24, 2.45) is 0 Å². The van der Waals surface area contributed by atoms with E-state index in [9.17, 15) is 0 Å². The van der Waals surface area contributed by atoms with Gasteiger partial charge in [0, 0.05) is 12.6 Å². The van der Waals surface area contributed by atoms with Gasteiger partial charge in [-0.3, -0.25) is 0 Å². The highest BCUT2D eigenvalue weighted by Gasteiger charge is 2.04. The van der Waals surface area contributed by atoms with Crippen molar-refractivity contribution < 1.29 is 5.11 Å². The molecule has 0 aliphatic carbocycles. The Balaban J connectivity index is 0.000000371. The van der Waals surface area contributed by atoms with E-state index in [1.807, 2.05) is 13.8 Å². The fourth-order valence-electron chi connectivity index (χ4n) is 0.801. The third-order valence-corrected chi connectivity index (χ3v) is 1.33. The van der Waals surface area contributed by atoms with Crippen molar-refractivity contribution in [3.05, 3.63) is 12.2 Å². The number of rotatable bonds is 1. The Morgan fingerprint density at radius 2 is 2.20 bits per heavy atom. The summed E-state index contributed by atoms with van der Waals surface area (Å²) in [4.78, 5) is 0. The van der Waals surface area contributed by atoms with Gasteiger partial charge in [-0.05, 0) is 6.42 Å². The molecule has 10 heavy (non-hydrogen) atoms. The third kappa shape index (κ3) is 3.64. The Bertz CT molecular complexity index is 91.3. The zero-order valence-corrected chi connectivity index (χ0v) is 6.80. The first-order valence-corrected chi connectivity index (χ1v) is 3.92. The second-order valence-corrected chi connectivity index (χ2v) is 1.99. The molecule has 1 heterocycles.